The SMILES string of the molecule is COc1cc(C=C(C#N)c2nc3sc4c(c3c(=O)[nH]2)CCCC4)cc([N+](=O)[O-])c1O. The number of aromatic nitrogens is 2. The quantitative estimate of drug-likeness (QED) is 0.370. The lowest BCUT2D eigenvalue weighted by Crippen LogP contribution is -2.12. The summed E-state index contributed by atoms with van der Waals surface area (Å²) in [6.45, 7) is 0. The fraction of sp³-hybridized carbons (Fsp3) is 0.250. The van der Waals surface area contributed by atoms with Gasteiger partial charge in [0.05, 0.1) is 23.0 Å². The number of phenolic OH excluding ortho intramolecular Hbond substituents is 1. The van der Waals surface area contributed by atoms with Gasteiger partial charge in [-0.05, 0) is 49.0 Å². The summed E-state index contributed by atoms with van der Waals surface area (Å²) in [4.78, 5) is 32.1. The van der Waals surface area contributed by atoms with Gasteiger partial charge in [0, 0.05) is 10.9 Å². The Balaban J connectivity index is 1.85. The number of hydrogen-bond acceptors (Lipinski definition) is 8. The van der Waals surface area contributed by atoms with Crippen molar-refractivity contribution in [3.63, 3.8) is 0 Å². The van der Waals surface area contributed by atoms with Crippen molar-refractivity contribution in [1.29, 1.82) is 5.26 Å². The Morgan fingerprint density at radius 1 is 1.43 bits per heavy atom. The number of aromatic hydroxyl groups is 1. The van der Waals surface area contributed by atoms with Crippen molar-refractivity contribution in [3.8, 4) is 17.6 Å². The summed E-state index contributed by atoms with van der Waals surface area (Å²) in [5.41, 5.74) is 0.469. The van der Waals surface area contributed by atoms with Gasteiger partial charge in [0.2, 0.25) is 5.75 Å². The number of H-pyrrole nitrogens is 1. The number of nitrogens with one attached hydrogen (secondary N) is 1. The van der Waals surface area contributed by atoms with Crippen LogP contribution in [0.15, 0.2) is 16.9 Å². The second-order valence-corrected chi connectivity index (χ2v) is 7.91. The van der Waals surface area contributed by atoms with Gasteiger partial charge in [0.25, 0.3) is 5.56 Å². The molecule has 0 spiro atoms. The van der Waals surface area contributed by atoms with Crippen LogP contribution in [0.5, 0.6) is 11.5 Å². The molecule has 10 heteroatoms. The average Bonchev–Trinajstić information content (AvgIpc) is 3.11. The molecule has 2 heterocycles. The van der Waals surface area contributed by atoms with E-state index in [9.17, 15) is 25.3 Å². The second-order valence-electron chi connectivity index (χ2n) is 6.82. The van der Waals surface area contributed by atoms with Crippen LogP contribution in [0.3, 0.4) is 0 Å². The average molecular weight is 424 g/mol. The van der Waals surface area contributed by atoms with Crippen LogP contribution in [0.25, 0.3) is 21.9 Å². The van der Waals surface area contributed by atoms with E-state index in [1.807, 2.05) is 6.07 Å². The topological polar surface area (TPSA) is 142 Å². The number of benzene rings is 1. The number of rotatable bonds is 4. The number of aromatic amines is 1. The number of phenols is 1. The van der Waals surface area contributed by atoms with Crippen LogP contribution >= 0.6 is 11.3 Å². The maximum Gasteiger partial charge on any atom is 0.315 e. The lowest BCUT2D eigenvalue weighted by atomic mass is 9.97. The highest BCUT2D eigenvalue weighted by atomic mass is 32.1. The molecule has 2 N–H and O–H groups in total. The van der Waals surface area contributed by atoms with E-state index in [1.54, 1.807) is 0 Å². The molecule has 0 fully saturated rings. The lowest BCUT2D eigenvalue weighted by Gasteiger charge is -2.09. The van der Waals surface area contributed by atoms with Gasteiger partial charge in [0.15, 0.2) is 11.6 Å². The summed E-state index contributed by atoms with van der Waals surface area (Å²) >= 11 is 1.47. The van der Waals surface area contributed by atoms with Gasteiger partial charge in [-0.3, -0.25) is 14.9 Å². The highest BCUT2D eigenvalue weighted by molar-refractivity contribution is 7.18. The van der Waals surface area contributed by atoms with E-state index >= 15 is 0 Å². The number of ether oxygens (including phenoxy) is 1. The number of thiophene rings is 1. The zero-order valence-corrected chi connectivity index (χ0v) is 16.7. The first-order valence-corrected chi connectivity index (χ1v) is 9.96. The molecular weight excluding hydrogens is 408 g/mol. The predicted molar refractivity (Wildman–Crippen MR) is 112 cm³/mol. The lowest BCUT2D eigenvalue weighted by molar-refractivity contribution is -0.386. The van der Waals surface area contributed by atoms with Crippen molar-refractivity contribution in [2.75, 3.05) is 7.11 Å². The highest BCUT2D eigenvalue weighted by Crippen LogP contribution is 2.38. The Labute approximate surface area is 174 Å². The number of nitro benzene ring substituents is 1. The minimum absolute atomic E-state index is 0.0300. The van der Waals surface area contributed by atoms with E-state index in [0.29, 0.717) is 10.2 Å². The third-order valence-corrected chi connectivity index (χ3v) is 6.19. The Kier molecular flexibility index (Phi) is 4.97. The summed E-state index contributed by atoms with van der Waals surface area (Å²) in [5, 5.41) is 31.3. The number of nitrogens with zero attached hydrogens (tertiary/aromatic N) is 3. The molecule has 30 heavy (non-hydrogen) atoms. The molecular formula is C20H16N4O5S. The predicted octanol–water partition coefficient (Wildman–Crippen LogP) is 3.55. The Morgan fingerprint density at radius 2 is 2.20 bits per heavy atom. The van der Waals surface area contributed by atoms with Gasteiger partial charge in [-0.1, -0.05) is 0 Å². The fourth-order valence-electron chi connectivity index (χ4n) is 3.60. The van der Waals surface area contributed by atoms with Gasteiger partial charge in [-0.15, -0.1) is 11.3 Å². The van der Waals surface area contributed by atoms with E-state index in [4.69, 9.17) is 4.74 Å². The van der Waals surface area contributed by atoms with Crippen molar-refractivity contribution >= 4 is 38.9 Å². The number of aryl methyl sites for hydroxylation is 2. The third-order valence-electron chi connectivity index (χ3n) is 5.01. The zero-order chi connectivity index (χ0) is 21.4. The number of fused-ring (bicyclic) bond motifs is 3. The Bertz CT molecular complexity index is 1320. The summed E-state index contributed by atoms with van der Waals surface area (Å²) in [5.74, 6) is -0.617. The van der Waals surface area contributed by atoms with Crippen LogP contribution in [-0.4, -0.2) is 27.1 Å². The van der Waals surface area contributed by atoms with E-state index in [2.05, 4.69) is 9.97 Å². The maximum absolute atomic E-state index is 12.7. The van der Waals surface area contributed by atoms with Crippen molar-refractivity contribution < 1.29 is 14.8 Å². The molecule has 0 aliphatic heterocycles. The second kappa shape index (κ2) is 7.61. The van der Waals surface area contributed by atoms with Crippen LogP contribution in [-0.2, 0) is 12.8 Å². The van der Waals surface area contributed by atoms with Crippen LogP contribution in [0.2, 0.25) is 0 Å². The van der Waals surface area contributed by atoms with Crippen LogP contribution in [0.1, 0.15) is 34.7 Å². The van der Waals surface area contributed by atoms with Crippen LogP contribution in [0.4, 0.5) is 5.69 Å². The first-order chi connectivity index (χ1) is 14.4. The molecule has 4 rings (SSSR count). The molecule has 0 saturated heterocycles. The summed E-state index contributed by atoms with van der Waals surface area (Å²) < 4.78 is 4.98. The Hall–Kier alpha value is -3.71. The molecule has 1 aromatic carbocycles. The molecule has 0 radical (unpaired) electrons. The number of allylic oxidation sites excluding steroid dienone is 1. The molecule has 0 bridgehead atoms. The van der Waals surface area contributed by atoms with Gasteiger partial charge in [0.1, 0.15) is 10.9 Å². The van der Waals surface area contributed by atoms with Crippen molar-refractivity contribution in [3.05, 3.63) is 54.4 Å². The Morgan fingerprint density at radius 3 is 2.90 bits per heavy atom. The van der Waals surface area contributed by atoms with Crippen LogP contribution in [0, 0.1) is 21.4 Å². The minimum atomic E-state index is -0.746. The van der Waals surface area contributed by atoms with Crippen LogP contribution < -0.4 is 10.3 Å². The van der Waals surface area contributed by atoms with Crippen molar-refractivity contribution in [2.45, 2.75) is 25.7 Å². The monoisotopic (exact) mass is 424 g/mol. The number of nitro groups is 1. The van der Waals surface area contributed by atoms with Gasteiger partial charge in [-0.2, -0.15) is 5.26 Å². The maximum atomic E-state index is 12.7. The summed E-state index contributed by atoms with van der Waals surface area (Å²) in [7, 11) is 1.27. The number of methoxy groups -OCH3 is 1. The molecule has 3 aromatic rings. The standard InChI is InChI=1S/C20H16N4O5S/c1-29-14-8-10(7-13(17(14)25)24(27)28)6-11(9-21)18-22-19(26)16-12-4-2-3-5-15(12)30-20(16)23-18/h6-8,25H,2-5H2,1H3,(H,22,23,26). The number of nitriles is 1. The molecule has 2 aromatic heterocycles. The fourth-order valence-corrected chi connectivity index (χ4v) is 4.87. The summed E-state index contributed by atoms with van der Waals surface area (Å²) in [6.07, 6.45) is 5.23. The van der Waals surface area contributed by atoms with E-state index in [0.717, 1.165) is 42.2 Å². The summed E-state index contributed by atoms with van der Waals surface area (Å²) in [6, 6.07) is 4.46. The van der Waals surface area contributed by atoms with Gasteiger partial charge >= 0.3 is 5.69 Å². The smallest absolute Gasteiger partial charge is 0.315 e. The molecule has 152 valence electrons. The third kappa shape index (κ3) is 3.29. The first kappa shape index (κ1) is 19.6. The van der Waals surface area contributed by atoms with Crippen molar-refractivity contribution in [2.24, 2.45) is 0 Å². The normalized spacial score (nSPS) is 13.7. The first-order valence-electron chi connectivity index (χ1n) is 9.15. The zero-order valence-electron chi connectivity index (χ0n) is 15.9. The molecule has 0 amide bonds. The highest BCUT2D eigenvalue weighted by Gasteiger charge is 2.22. The molecule has 1 aliphatic carbocycles. The molecule has 1 aliphatic rings. The minimum Gasteiger partial charge on any atom is -0.500 e. The van der Waals surface area contributed by atoms with Gasteiger partial charge in [-0.25, -0.2) is 4.98 Å². The molecule has 0 atom stereocenters. The molecule has 0 unspecified atom stereocenters. The van der Waals surface area contributed by atoms with E-state index < -0.39 is 16.4 Å². The molecule has 0 saturated carbocycles. The largest absolute Gasteiger partial charge is 0.500 e. The van der Waals surface area contributed by atoms with Gasteiger partial charge < -0.3 is 14.8 Å². The van der Waals surface area contributed by atoms with E-state index in [-0.39, 0.29) is 28.3 Å². The van der Waals surface area contributed by atoms with Crippen molar-refractivity contribution in [1.82, 2.24) is 9.97 Å². The molecule has 9 nitrogen and oxygen atoms in total. The number of hydrogen-bond donors (Lipinski definition) is 2. The van der Waals surface area contributed by atoms with E-state index in [1.165, 1.54) is 30.6 Å².